The molecule has 21 heavy (non-hydrogen) atoms. The Bertz CT molecular complexity index is 819. The first kappa shape index (κ1) is 16.0. The van der Waals surface area contributed by atoms with Crippen LogP contribution < -0.4 is 0 Å². The number of hydrogen-bond acceptors (Lipinski definition) is 5. The summed E-state index contributed by atoms with van der Waals surface area (Å²) < 4.78 is 23.7. The molecule has 0 aliphatic carbocycles. The standard InChI is InChI=1S/C10H6Cl3N3O4S/c11-7-3-1-2-6(9(7)12)4-15-5-8(21(13,19)20)10(14-15)16(17)18/h1-3,5H,4H2. The fraction of sp³-hybridized carbons (Fsp3) is 0.100. The highest BCUT2D eigenvalue weighted by atomic mass is 35.7. The molecule has 0 radical (unpaired) electrons. The van der Waals surface area contributed by atoms with Gasteiger partial charge in [-0.1, -0.05) is 35.3 Å². The maximum Gasteiger partial charge on any atom is 0.410 e. The summed E-state index contributed by atoms with van der Waals surface area (Å²) in [5.74, 6) is -0.844. The summed E-state index contributed by atoms with van der Waals surface area (Å²) >= 11 is 11.8. The van der Waals surface area contributed by atoms with Crippen LogP contribution in [0.3, 0.4) is 0 Å². The van der Waals surface area contributed by atoms with Gasteiger partial charge >= 0.3 is 5.82 Å². The van der Waals surface area contributed by atoms with E-state index < -0.39 is 24.7 Å². The van der Waals surface area contributed by atoms with Crippen LogP contribution in [-0.4, -0.2) is 23.1 Å². The van der Waals surface area contributed by atoms with Crippen LogP contribution in [0.4, 0.5) is 5.82 Å². The monoisotopic (exact) mass is 369 g/mol. The Morgan fingerprint density at radius 1 is 1.33 bits per heavy atom. The zero-order chi connectivity index (χ0) is 15.8. The van der Waals surface area contributed by atoms with Gasteiger partial charge in [0, 0.05) is 10.7 Å². The van der Waals surface area contributed by atoms with Crippen molar-refractivity contribution in [3.63, 3.8) is 0 Å². The lowest BCUT2D eigenvalue weighted by Gasteiger charge is -2.03. The predicted molar refractivity (Wildman–Crippen MR) is 77.5 cm³/mol. The van der Waals surface area contributed by atoms with Crippen molar-refractivity contribution >= 4 is 48.8 Å². The van der Waals surface area contributed by atoms with Crippen molar-refractivity contribution in [1.29, 1.82) is 0 Å². The van der Waals surface area contributed by atoms with E-state index in [0.29, 0.717) is 10.6 Å². The third-order valence-electron chi connectivity index (χ3n) is 2.51. The van der Waals surface area contributed by atoms with Gasteiger partial charge in [0.05, 0.1) is 27.9 Å². The van der Waals surface area contributed by atoms with E-state index in [1.807, 2.05) is 0 Å². The van der Waals surface area contributed by atoms with Gasteiger partial charge in [0.25, 0.3) is 9.05 Å². The molecule has 0 bridgehead atoms. The van der Waals surface area contributed by atoms with Crippen molar-refractivity contribution in [3.8, 4) is 0 Å². The second-order valence-corrected chi connectivity index (χ2v) is 7.24. The van der Waals surface area contributed by atoms with Crippen LogP contribution in [0.25, 0.3) is 0 Å². The van der Waals surface area contributed by atoms with Crippen molar-refractivity contribution < 1.29 is 13.3 Å². The minimum absolute atomic E-state index is 0.00659. The molecular formula is C10H6Cl3N3O4S. The van der Waals surface area contributed by atoms with E-state index in [0.717, 1.165) is 10.9 Å². The lowest BCUT2D eigenvalue weighted by Crippen LogP contribution is -2.02. The molecule has 1 aromatic heterocycles. The molecule has 0 amide bonds. The molecule has 0 unspecified atom stereocenters. The van der Waals surface area contributed by atoms with Crippen LogP contribution in [0.15, 0.2) is 29.3 Å². The summed E-state index contributed by atoms with van der Waals surface area (Å²) in [5.41, 5.74) is 0.528. The smallest absolute Gasteiger partial charge is 0.358 e. The van der Waals surface area contributed by atoms with E-state index in [-0.39, 0.29) is 11.6 Å². The Labute approximate surface area is 133 Å². The van der Waals surface area contributed by atoms with Crippen LogP contribution in [0.2, 0.25) is 10.0 Å². The van der Waals surface area contributed by atoms with Gasteiger partial charge in [0.15, 0.2) is 0 Å². The van der Waals surface area contributed by atoms with E-state index in [2.05, 4.69) is 5.10 Å². The molecule has 0 spiro atoms. The average molecular weight is 371 g/mol. The molecule has 0 saturated heterocycles. The quantitative estimate of drug-likeness (QED) is 0.468. The van der Waals surface area contributed by atoms with Gasteiger partial charge in [-0.15, -0.1) is 0 Å². The lowest BCUT2D eigenvalue weighted by atomic mass is 10.2. The predicted octanol–water partition coefficient (Wildman–Crippen LogP) is 3.07. The summed E-state index contributed by atoms with van der Waals surface area (Å²) in [5, 5.41) is 15.0. The van der Waals surface area contributed by atoms with Crippen molar-refractivity contribution in [2.75, 3.05) is 0 Å². The number of halogens is 3. The Balaban J connectivity index is 2.47. The fourth-order valence-electron chi connectivity index (χ4n) is 1.62. The number of hydrogen-bond donors (Lipinski definition) is 0. The third kappa shape index (κ3) is 3.46. The van der Waals surface area contributed by atoms with Crippen LogP contribution in [0.1, 0.15) is 5.56 Å². The van der Waals surface area contributed by atoms with Crippen molar-refractivity contribution in [2.24, 2.45) is 0 Å². The molecule has 0 aliphatic heterocycles. The number of nitrogens with zero attached hydrogens (tertiary/aromatic N) is 3. The molecule has 2 rings (SSSR count). The molecule has 0 saturated carbocycles. The normalized spacial score (nSPS) is 11.6. The number of aromatic nitrogens is 2. The summed E-state index contributed by atoms with van der Waals surface area (Å²) in [7, 11) is 0.868. The largest absolute Gasteiger partial charge is 0.410 e. The molecule has 0 aliphatic rings. The van der Waals surface area contributed by atoms with Crippen LogP contribution >= 0.6 is 33.9 Å². The molecular weight excluding hydrogens is 365 g/mol. The van der Waals surface area contributed by atoms with Gasteiger partial charge in [0.2, 0.25) is 4.90 Å². The van der Waals surface area contributed by atoms with Gasteiger partial charge < -0.3 is 10.1 Å². The van der Waals surface area contributed by atoms with E-state index in [9.17, 15) is 18.5 Å². The Hall–Kier alpha value is -1.35. The van der Waals surface area contributed by atoms with Gasteiger partial charge in [-0.05, 0) is 16.6 Å². The maximum absolute atomic E-state index is 11.3. The third-order valence-corrected chi connectivity index (χ3v) is 4.68. The molecule has 0 atom stereocenters. The molecule has 0 fully saturated rings. The zero-order valence-corrected chi connectivity index (χ0v) is 13.1. The highest BCUT2D eigenvalue weighted by molar-refractivity contribution is 8.13. The van der Waals surface area contributed by atoms with Gasteiger partial charge in [-0.3, -0.25) is 0 Å². The second kappa shape index (κ2) is 5.80. The van der Waals surface area contributed by atoms with Crippen molar-refractivity contribution in [1.82, 2.24) is 9.78 Å². The number of rotatable bonds is 4. The molecule has 1 aromatic carbocycles. The maximum atomic E-state index is 11.3. The van der Waals surface area contributed by atoms with E-state index in [1.54, 1.807) is 18.2 Å². The Kier molecular flexibility index (Phi) is 4.43. The molecule has 112 valence electrons. The number of nitro groups is 1. The van der Waals surface area contributed by atoms with Crippen LogP contribution in [0.5, 0.6) is 0 Å². The zero-order valence-electron chi connectivity index (χ0n) is 10.0. The van der Waals surface area contributed by atoms with Crippen LogP contribution in [0, 0.1) is 10.1 Å². The lowest BCUT2D eigenvalue weighted by molar-refractivity contribution is -0.392. The van der Waals surface area contributed by atoms with Gasteiger partial charge in [-0.2, -0.15) is 4.68 Å². The molecule has 7 nitrogen and oxygen atoms in total. The highest BCUT2D eigenvalue weighted by Gasteiger charge is 2.30. The van der Waals surface area contributed by atoms with E-state index >= 15 is 0 Å². The minimum atomic E-state index is -4.28. The number of benzene rings is 1. The van der Waals surface area contributed by atoms with E-state index in [4.69, 9.17) is 33.9 Å². The van der Waals surface area contributed by atoms with E-state index in [1.165, 1.54) is 0 Å². The second-order valence-electron chi connectivity index (χ2n) is 3.92. The summed E-state index contributed by atoms with van der Waals surface area (Å²) in [6.45, 7) is 0.00659. The molecule has 1 heterocycles. The highest BCUT2D eigenvalue weighted by Crippen LogP contribution is 2.28. The molecule has 2 aromatic rings. The first-order valence-corrected chi connectivity index (χ1v) is 8.36. The van der Waals surface area contributed by atoms with Gasteiger partial charge in [-0.25, -0.2) is 8.42 Å². The Morgan fingerprint density at radius 3 is 2.52 bits per heavy atom. The topological polar surface area (TPSA) is 95.1 Å². The average Bonchev–Trinajstić information content (AvgIpc) is 2.79. The first-order chi connectivity index (χ1) is 9.70. The van der Waals surface area contributed by atoms with Crippen LogP contribution in [-0.2, 0) is 15.6 Å². The summed E-state index contributed by atoms with van der Waals surface area (Å²) in [6.07, 6.45) is 0.970. The van der Waals surface area contributed by atoms with Crippen molar-refractivity contribution in [2.45, 2.75) is 11.4 Å². The summed E-state index contributed by atoms with van der Waals surface area (Å²) in [4.78, 5) is 9.22. The van der Waals surface area contributed by atoms with Gasteiger partial charge in [0.1, 0.15) is 0 Å². The SMILES string of the molecule is O=[N+]([O-])c1nn(Cc2cccc(Cl)c2Cl)cc1S(=O)(=O)Cl. The summed E-state index contributed by atoms with van der Waals surface area (Å²) in [6, 6.07) is 4.85. The fourth-order valence-corrected chi connectivity index (χ4v) is 2.90. The molecule has 0 N–H and O–H groups in total. The first-order valence-electron chi connectivity index (χ1n) is 5.29. The Morgan fingerprint density at radius 2 is 2.00 bits per heavy atom. The minimum Gasteiger partial charge on any atom is -0.358 e. The molecule has 11 heteroatoms. The van der Waals surface area contributed by atoms with Crippen molar-refractivity contribution in [3.05, 3.63) is 50.1 Å².